The monoisotopic (exact) mass is 959 g/mol. The lowest BCUT2D eigenvalue weighted by Crippen LogP contribution is -2.36. The molecular formula is C62H118O6. The summed E-state index contributed by atoms with van der Waals surface area (Å²) in [7, 11) is 0. The van der Waals surface area contributed by atoms with E-state index in [1.165, 1.54) is 218 Å². The summed E-state index contributed by atoms with van der Waals surface area (Å²) >= 11 is 0. The molecule has 0 N–H and O–H groups in total. The molecule has 0 saturated carbocycles. The Kier molecular flexibility index (Phi) is 53.2. The fourth-order valence-electron chi connectivity index (χ4n) is 9.98. The molecule has 0 aromatic carbocycles. The van der Waals surface area contributed by atoms with Crippen LogP contribution in [0.4, 0.5) is 0 Å². The number of esters is 2. The van der Waals surface area contributed by atoms with Gasteiger partial charge in [0.05, 0.1) is 0 Å². The van der Waals surface area contributed by atoms with Gasteiger partial charge in [-0.15, -0.1) is 0 Å². The molecule has 0 fully saturated rings. The second-order valence-electron chi connectivity index (χ2n) is 21.4. The van der Waals surface area contributed by atoms with Crippen molar-refractivity contribution in [1.82, 2.24) is 0 Å². The maximum atomic E-state index is 14.1. The van der Waals surface area contributed by atoms with Crippen LogP contribution in [-0.4, -0.2) is 36.2 Å². The van der Waals surface area contributed by atoms with E-state index in [1.807, 2.05) is 0 Å². The van der Waals surface area contributed by atoms with Crippen molar-refractivity contribution in [2.24, 2.45) is 5.92 Å². The standard InChI is InChI=1S/C62H118O6/c1-5-9-13-17-21-25-27-29-30-32-34-37-41-45-49-53-61(65)67-57(51-47-43-39-35-23-19-15-11-7-3)55-59(64)58(56-63)60(52-48-44-40-36-24-20-16-12-8-4)68-62(66)54-50-46-42-38-33-31-28-26-22-18-14-10-6-2/h56-58,60H,5-55H2,1-4H3/t57-,58?,60-/m1/s1. The van der Waals surface area contributed by atoms with Gasteiger partial charge in [0.15, 0.2) is 0 Å². The molecule has 6 nitrogen and oxygen atoms in total. The Morgan fingerprint density at radius 3 is 0.868 bits per heavy atom. The van der Waals surface area contributed by atoms with E-state index in [9.17, 15) is 19.2 Å². The van der Waals surface area contributed by atoms with Crippen molar-refractivity contribution in [2.45, 2.75) is 367 Å². The highest BCUT2D eigenvalue weighted by Gasteiger charge is 2.33. The molecule has 0 heterocycles. The summed E-state index contributed by atoms with van der Waals surface area (Å²) in [5.41, 5.74) is 0. The molecule has 3 atom stereocenters. The first kappa shape index (κ1) is 66.3. The van der Waals surface area contributed by atoms with Crippen molar-refractivity contribution in [1.29, 1.82) is 0 Å². The van der Waals surface area contributed by atoms with E-state index < -0.39 is 18.1 Å². The summed E-state index contributed by atoms with van der Waals surface area (Å²) in [5.74, 6) is -1.81. The molecule has 0 aromatic heterocycles. The Balaban J connectivity index is 5.20. The number of carbonyl (C=O) groups excluding carboxylic acids is 4. The van der Waals surface area contributed by atoms with Gasteiger partial charge < -0.3 is 14.3 Å². The Morgan fingerprint density at radius 1 is 0.324 bits per heavy atom. The number of rotatable bonds is 57. The van der Waals surface area contributed by atoms with Gasteiger partial charge in [-0.05, 0) is 38.5 Å². The highest BCUT2D eigenvalue weighted by atomic mass is 16.5. The number of carbonyl (C=O) groups is 4. The SMILES string of the molecule is CCCCCCCCCCCCCCCCCC(=O)O[C@H](CCCCCCCCCCC)CC(=O)C(C=O)[C@@H](CCCCCCCCCCC)OC(=O)CCCCCCCCCCCCCCC. The normalized spacial score (nSPS) is 12.8. The van der Waals surface area contributed by atoms with Crippen LogP contribution in [0.2, 0.25) is 0 Å². The van der Waals surface area contributed by atoms with Crippen molar-refractivity contribution < 1.29 is 28.7 Å². The zero-order valence-electron chi connectivity index (χ0n) is 46.3. The van der Waals surface area contributed by atoms with Crippen molar-refractivity contribution in [3.63, 3.8) is 0 Å². The van der Waals surface area contributed by atoms with Crippen LogP contribution in [0.3, 0.4) is 0 Å². The van der Waals surface area contributed by atoms with Gasteiger partial charge in [-0.2, -0.15) is 0 Å². The first-order valence-corrected chi connectivity index (χ1v) is 30.8. The molecule has 0 aromatic rings. The largest absolute Gasteiger partial charge is 0.462 e. The van der Waals surface area contributed by atoms with Crippen molar-refractivity contribution in [2.75, 3.05) is 0 Å². The molecule has 0 amide bonds. The van der Waals surface area contributed by atoms with Gasteiger partial charge in [-0.1, -0.05) is 297 Å². The molecule has 0 bridgehead atoms. The first-order valence-electron chi connectivity index (χ1n) is 30.8. The van der Waals surface area contributed by atoms with Crippen LogP contribution in [0, 0.1) is 5.92 Å². The third-order valence-corrected chi connectivity index (χ3v) is 14.6. The van der Waals surface area contributed by atoms with Gasteiger partial charge in [0.2, 0.25) is 0 Å². The summed E-state index contributed by atoms with van der Waals surface area (Å²) in [4.78, 5) is 53.4. The third-order valence-electron chi connectivity index (χ3n) is 14.6. The number of Topliss-reactive ketones (excluding diaryl/α,β-unsaturated/α-hetero) is 1. The van der Waals surface area contributed by atoms with Crippen LogP contribution in [0.25, 0.3) is 0 Å². The maximum Gasteiger partial charge on any atom is 0.306 e. The van der Waals surface area contributed by atoms with Gasteiger partial charge in [-0.3, -0.25) is 14.4 Å². The van der Waals surface area contributed by atoms with Crippen molar-refractivity contribution in [3.8, 4) is 0 Å². The molecule has 0 spiro atoms. The minimum atomic E-state index is -1.03. The predicted octanol–water partition coefficient (Wildman–Crippen LogP) is 20.2. The summed E-state index contributed by atoms with van der Waals surface area (Å²) in [6.45, 7) is 9.04. The summed E-state index contributed by atoms with van der Waals surface area (Å²) < 4.78 is 12.1. The van der Waals surface area contributed by atoms with E-state index in [2.05, 4.69) is 27.7 Å². The second-order valence-corrected chi connectivity index (χ2v) is 21.4. The average molecular weight is 960 g/mol. The molecule has 0 saturated heterocycles. The van der Waals surface area contributed by atoms with E-state index >= 15 is 0 Å². The molecule has 0 rings (SSSR count). The van der Waals surface area contributed by atoms with E-state index in [0.717, 1.165) is 77.0 Å². The zero-order chi connectivity index (χ0) is 49.6. The Bertz CT molecular complexity index is 1070. The molecule has 6 heteroatoms. The Morgan fingerprint density at radius 2 is 0.574 bits per heavy atom. The van der Waals surface area contributed by atoms with Gasteiger partial charge in [0.1, 0.15) is 30.2 Å². The lowest BCUT2D eigenvalue weighted by molar-refractivity contribution is -0.155. The molecule has 0 aliphatic rings. The third kappa shape index (κ3) is 46.7. The molecule has 0 radical (unpaired) electrons. The van der Waals surface area contributed by atoms with Crippen LogP contribution < -0.4 is 0 Å². The van der Waals surface area contributed by atoms with Crippen LogP contribution in [0.1, 0.15) is 355 Å². The van der Waals surface area contributed by atoms with Crippen molar-refractivity contribution in [3.05, 3.63) is 0 Å². The quantitative estimate of drug-likeness (QED) is 0.0261. The van der Waals surface area contributed by atoms with Crippen molar-refractivity contribution >= 4 is 24.0 Å². The highest BCUT2D eigenvalue weighted by Crippen LogP contribution is 2.24. The van der Waals surface area contributed by atoms with E-state index in [1.54, 1.807) is 0 Å². The predicted molar refractivity (Wildman–Crippen MR) is 292 cm³/mol. The van der Waals surface area contributed by atoms with Crippen LogP contribution in [0.5, 0.6) is 0 Å². The van der Waals surface area contributed by atoms with E-state index in [0.29, 0.717) is 32.0 Å². The minimum Gasteiger partial charge on any atom is -0.462 e. The first-order chi connectivity index (χ1) is 33.4. The van der Waals surface area contributed by atoms with Crippen LogP contribution >= 0.6 is 0 Å². The lowest BCUT2D eigenvalue weighted by atomic mass is 9.90. The van der Waals surface area contributed by atoms with Crippen LogP contribution in [0.15, 0.2) is 0 Å². The van der Waals surface area contributed by atoms with E-state index in [4.69, 9.17) is 9.47 Å². The number of unbranched alkanes of at least 4 members (excludes halogenated alkanes) is 42. The van der Waals surface area contributed by atoms with Gasteiger partial charge >= 0.3 is 11.9 Å². The number of hydrogen-bond donors (Lipinski definition) is 0. The summed E-state index contributed by atoms with van der Waals surface area (Å²) in [5, 5.41) is 0. The number of ketones is 1. The fourth-order valence-corrected chi connectivity index (χ4v) is 9.98. The minimum absolute atomic E-state index is 0.00961. The summed E-state index contributed by atoms with van der Waals surface area (Å²) in [6.07, 6.45) is 57.7. The molecule has 68 heavy (non-hydrogen) atoms. The Labute approximate surface area is 424 Å². The highest BCUT2D eigenvalue weighted by molar-refractivity contribution is 5.94. The second kappa shape index (κ2) is 54.6. The topological polar surface area (TPSA) is 86.7 Å². The molecular weight excluding hydrogens is 841 g/mol. The smallest absolute Gasteiger partial charge is 0.306 e. The number of aldehydes is 1. The molecule has 0 aliphatic carbocycles. The molecule has 402 valence electrons. The number of ether oxygens (including phenoxy) is 2. The van der Waals surface area contributed by atoms with E-state index in [-0.39, 0.29) is 24.1 Å². The zero-order valence-corrected chi connectivity index (χ0v) is 46.3. The van der Waals surface area contributed by atoms with Gasteiger partial charge in [0.25, 0.3) is 0 Å². The fraction of sp³-hybridized carbons (Fsp3) is 0.935. The maximum absolute atomic E-state index is 14.1. The Hall–Kier alpha value is -1.72. The molecule has 1 unspecified atom stereocenters. The van der Waals surface area contributed by atoms with Crippen LogP contribution in [-0.2, 0) is 28.7 Å². The number of hydrogen-bond acceptors (Lipinski definition) is 6. The average Bonchev–Trinajstić information content (AvgIpc) is 3.33. The lowest BCUT2D eigenvalue weighted by Gasteiger charge is -2.25. The van der Waals surface area contributed by atoms with Gasteiger partial charge in [-0.25, -0.2) is 0 Å². The van der Waals surface area contributed by atoms with Gasteiger partial charge in [0, 0.05) is 19.3 Å². The molecule has 0 aliphatic heterocycles. The summed E-state index contributed by atoms with van der Waals surface area (Å²) in [6, 6.07) is 0.